The number of furan rings is 1. The van der Waals surface area contributed by atoms with E-state index in [-0.39, 0.29) is 12.2 Å². The van der Waals surface area contributed by atoms with Crippen molar-refractivity contribution >= 4 is 45.1 Å². The Morgan fingerprint density at radius 3 is 2.54 bits per heavy atom. The van der Waals surface area contributed by atoms with Crippen molar-refractivity contribution in [2.45, 2.75) is 33.3 Å². The van der Waals surface area contributed by atoms with Crippen LogP contribution in [0.15, 0.2) is 77.4 Å². The molecule has 0 unspecified atom stereocenters. The van der Waals surface area contributed by atoms with E-state index in [2.05, 4.69) is 0 Å². The first-order chi connectivity index (χ1) is 16.8. The smallest absolute Gasteiger partial charge is 0.311 e. The van der Waals surface area contributed by atoms with Crippen LogP contribution in [0.1, 0.15) is 34.2 Å². The van der Waals surface area contributed by atoms with Gasteiger partial charge in [0.2, 0.25) is 5.78 Å². The fourth-order valence-corrected chi connectivity index (χ4v) is 4.80. The van der Waals surface area contributed by atoms with Crippen molar-refractivity contribution in [3.63, 3.8) is 0 Å². The van der Waals surface area contributed by atoms with Crippen molar-refractivity contribution in [3.8, 4) is 5.69 Å². The van der Waals surface area contributed by atoms with Gasteiger partial charge >= 0.3 is 5.97 Å². The zero-order valence-electron chi connectivity index (χ0n) is 19.7. The molecule has 0 N–H and O–H groups in total. The van der Waals surface area contributed by atoms with Gasteiger partial charge in [-0.05, 0) is 67.9 Å². The fraction of sp³-hybridized carbons (Fsp3) is 0.172. The van der Waals surface area contributed by atoms with Crippen LogP contribution in [-0.4, -0.2) is 22.4 Å². The lowest BCUT2D eigenvalue weighted by atomic mass is 10.0. The molecule has 176 valence electrons. The number of carbonyl (C=O) groups excluding carboxylic acids is 2. The van der Waals surface area contributed by atoms with Crippen molar-refractivity contribution in [1.82, 2.24) is 4.57 Å². The molecular weight excluding hydrogens is 462 g/mol. The lowest BCUT2D eigenvalue weighted by Gasteiger charge is -2.13. The number of hydrogen-bond acceptors (Lipinski definition) is 4. The molecule has 5 rings (SSSR count). The van der Waals surface area contributed by atoms with Crippen LogP contribution in [-0.2, 0) is 16.0 Å². The Morgan fingerprint density at radius 1 is 1.03 bits per heavy atom. The molecule has 3 aromatic carbocycles. The van der Waals surface area contributed by atoms with E-state index in [0.29, 0.717) is 16.2 Å². The molecule has 0 fully saturated rings. The molecule has 0 amide bonds. The highest BCUT2D eigenvalue weighted by molar-refractivity contribution is 6.30. The molecule has 2 aromatic heterocycles. The molecule has 5 nitrogen and oxygen atoms in total. The lowest BCUT2D eigenvalue weighted by molar-refractivity contribution is -0.145. The maximum atomic E-state index is 13.2. The van der Waals surface area contributed by atoms with Crippen LogP contribution in [0.3, 0.4) is 0 Å². The number of ether oxygens (including phenoxy) is 1. The van der Waals surface area contributed by atoms with Gasteiger partial charge in [-0.25, -0.2) is 0 Å². The molecule has 0 aliphatic carbocycles. The third kappa shape index (κ3) is 4.24. The molecule has 0 aliphatic heterocycles. The average molecular weight is 486 g/mol. The second-order valence-electron chi connectivity index (χ2n) is 8.69. The molecule has 0 saturated carbocycles. The Labute approximate surface area is 207 Å². The molecule has 0 saturated heterocycles. The van der Waals surface area contributed by atoms with Crippen LogP contribution < -0.4 is 0 Å². The molecule has 5 aromatic rings. The first-order valence-electron chi connectivity index (χ1n) is 11.4. The number of carbonyl (C=O) groups is 2. The Hall–Kier alpha value is -3.83. The van der Waals surface area contributed by atoms with E-state index in [1.54, 1.807) is 13.2 Å². The largest absolute Gasteiger partial charge is 0.464 e. The van der Waals surface area contributed by atoms with Gasteiger partial charge in [-0.15, -0.1) is 0 Å². The molecular formula is C29H24ClNO4. The van der Waals surface area contributed by atoms with Gasteiger partial charge in [0.05, 0.1) is 12.7 Å². The number of ketones is 1. The van der Waals surface area contributed by atoms with Crippen LogP contribution in [0.4, 0.5) is 0 Å². The predicted octanol–water partition coefficient (Wildman–Crippen LogP) is 7.00. The molecule has 2 heterocycles. The third-order valence-electron chi connectivity index (χ3n) is 6.33. The number of aromatic nitrogens is 1. The van der Waals surface area contributed by atoms with Gasteiger partial charge in [0, 0.05) is 38.6 Å². The quantitative estimate of drug-likeness (QED) is 0.192. The minimum absolute atomic E-state index is 0.0163. The summed E-state index contributed by atoms with van der Waals surface area (Å²) in [4.78, 5) is 26.0. The Morgan fingerprint density at radius 2 is 1.77 bits per heavy atom. The zero-order chi connectivity index (χ0) is 24.7. The van der Waals surface area contributed by atoms with Gasteiger partial charge in [-0.3, -0.25) is 9.59 Å². The molecule has 0 bridgehead atoms. The summed E-state index contributed by atoms with van der Waals surface area (Å²) in [6, 6.07) is 21.1. The summed E-state index contributed by atoms with van der Waals surface area (Å²) >= 11 is 6.02. The number of aryl methyl sites for hydroxylation is 1. The lowest BCUT2D eigenvalue weighted by Crippen LogP contribution is -2.25. The maximum Gasteiger partial charge on any atom is 0.311 e. The van der Waals surface area contributed by atoms with Crippen LogP contribution in [0.2, 0.25) is 5.02 Å². The minimum atomic E-state index is -0.920. The first-order valence-corrected chi connectivity index (χ1v) is 11.8. The van der Waals surface area contributed by atoms with Gasteiger partial charge in [0.1, 0.15) is 5.58 Å². The van der Waals surface area contributed by atoms with Gasteiger partial charge in [0.25, 0.3) is 0 Å². The van der Waals surface area contributed by atoms with E-state index in [9.17, 15) is 9.59 Å². The SMILES string of the molecule is Cc1cc(C(=O)[C@@H](C)OC(=O)Cc2coc3ccc4ccccc4c23)c(C)n1-c1ccc(Cl)cc1. The predicted molar refractivity (Wildman–Crippen MR) is 138 cm³/mol. The fourth-order valence-electron chi connectivity index (χ4n) is 4.67. The molecule has 0 spiro atoms. The second kappa shape index (κ2) is 9.08. The van der Waals surface area contributed by atoms with Crippen molar-refractivity contribution < 1.29 is 18.7 Å². The summed E-state index contributed by atoms with van der Waals surface area (Å²) in [6.07, 6.45) is 0.684. The highest BCUT2D eigenvalue weighted by atomic mass is 35.5. The van der Waals surface area contributed by atoms with Gasteiger partial charge in [-0.2, -0.15) is 0 Å². The average Bonchev–Trinajstić information content (AvgIpc) is 3.39. The molecule has 0 aliphatic rings. The normalized spacial score (nSPS) is 12.2. The summed E-state index contributed by atoms with van der Waals surface area (Å²) in [6.45, 7) is 5.42. The monoisotopic (exact) mass is 485 g/mol. The van der Waals surface area contributed by atoms with Gasteiger partial charge in [-0.1, -0.05) is 41.9 Å². The number of esters is 1. The standard InChI is InChI=1S/C29H24ClNO4/c1-17-14-25(18(2)31(17)23-11-9-22(30)10-12-23)29(33)19(3)35-27(32)15-21-16-34-26-13-8-20-6-4-5-7-24(20)28(21)26/h4-14,16,19H,15H2,1-3H3/t19-/m1/s1. The molecule has 1 atom stereocenters. The van der Waals surface area contributed by atoms with Crippen LogP contribution >= 0.6 is 11.6 Å². The van der Waals surface area contributed by atoms with Crippen LogP contribution in [0.25, 0.3) is 27.4 Å². The third-order valence-corrected chi connectivity index (χ3v) is 6.59. The van der Waals surface area contributed by atoms with Gasteiger partial charge < -0.3 is 13.7 Å². The number of Topliss-reactive ketones (excluding diaryl/α,β-unsaturated/α-hetero) is 1. The Bertz CT molecular complexity index is 1580. The molecule has 35 heavy (non-hydrogen) atoms. The summed E-state index contributed by atoms with van der Waals surface area (Å²) in [7, 11) is 0. The Kier molecular flexibility index (Phi) is 5.95. The number of benzene rings is 3. The summed E-state index contributed by atoms with van der Waals surface area (Å²) < 4.78 is 13.2. The zero-order valence-corrected chi connectivity index (χ0v) is 20.4. The second-order valence-corrected chi connectivity index (χ2v) is 9.13. The van der Waals surface area contributed by atoms with E-state index in [0.717, 1.165) is 38.8 Å². The molecule has 0 radical (unpaired) electrons. The number of halogens is 1. The van der Waals surface area contributed by atoms with Crippen LogP contribution in [0, 0.1) is 13.8 Å². The van der Waals surface area contributed by atoms with Crippen LogP contribution in [0.5, 0.6) is 0 Å². The van der Waals surface area contributed by atoms with E-state index in [1.807, 2.05) is 85.1 Å². The van der Waals surface area contributed by atoms with Gasteiger partial charge in [0.15, 0.2) is 6.10 Å². The highest BCUT2D eigenvalue weighted by Crippen LogP contribution is 2.30. The topological polar surface area (TPSA) is 61.4 Å². The van der Waals surface area contributed by atoms with E-state index in [4.69, 9.17) is 20.8 Å². The number of fused-ring (bicyclic) bond motifs is 3. The van der Waals surface area contributed by atoms with E-state index < -0.39 is 12.1 Å². The minimum Gasteiger partial charge on any atom is -0.464 e. The molecule has 6 heteroatoms. The highest BCUT2D eigenvalue weighted by Gasteiger charge is 2.25. The number of hydrogen-bond donors (Lipinski definition) is 0. The van der Waals surface area contributed by atoms with E-state index >= 15 is 0 Å². The first kappa shape index (κ1) is 22.9. The van der Waals surface area contributed by atoms with Crippen molar-refractivity contribution in [2.24, 2.45) is 0 Å². The van der Waals surface area contributed by atoms with Crippen molar-refractivity contribution in [2.75, 3.05) is 0 Å². The summed E-state index contributed by atoms with van der Waals surface area (Å²) in [5.74, 6) is -0.720. The maximum absolute atomic E-state index is 13.2. The summed E-state index contributed by atoms with van der Waals surface area (Å²) in [5.41, 5.74) is 4.57. The number of rotatable bonds is 6. The Balaban J connectivity index is 1.35. The van der Waals surface area contributed by atoms with E-state index in [1.165, 1.54) is 0 Å². The van der Waals surface area contributed by atoms with Crippen molar-refractivity contribution in [1.29, 1.82) is 0 Å². The van der Waals surface area contributed by atoms with Crippen molar-refractivity contribution in [3.05, 3.63) is 101 Å². The number of nitrogens with zero attached hydrogens (tertiary/aromatic N) is 1. The summed E-state index contributed by atoms with van der Waals surface area (Å²) in [5, 5.41) is 3.62.